The first kappa shape index (κ1) is 15.0. The Morgan fingerprint density at radius 1 is 1.13 bits per heavy atom. The van der Waals surface area contributed by atoms with E-state index in [1.54, 1.807) is 24.4 Å². The van der Waals surface area contributed by atoms with Gasteiger partial charge in [-0.05, 0) is 34.1 Å². The third-order valence-electron chi connectivity index (χ3n) is 2.78. The van der Waals surface area contributed by atoms with Crippen LogP contribution >= 0.6 is 15.9 Å². The van der Waals surface area contributed by atoms with Gasteiger partial charge in [-0.15, -0.1) is 5.10 Å². The molecule has 3 aromatic heterocycles. The number of nitrogens with zero attached hydrogens (tertiary/aromatic N) is 5. The fourth-order valence-electron chi connectivity index (χ4n) is 1.75. The molecule has 0 saturated carbocycles. The molecule has 0 bridgehead atoms. The van der Waals surface area contributed by atoms with Crippen LogP contribution in [0.5, 0.6) is 0 Å². The van der Waals surface area contributed by atoms with Gasteiger partial charge in [0.25, 0.3) is 5.91 Å². The van der Waals surface area contributed by atoms with Crippen molar-refractivity contribution in [2.75, 3.05) is 5.32 Å². The molecule has 114 valence electrons. The lowest BCUT2D eigenvalue weighted by molar-refractivity contribution is 0.0930. The molecule has 0 saturated heterocycles. The Kier molecular flexibility index (Phi) is 4.20. The zero-order valence-electron chi connectivity index (χ0n) is 11.5. The maximum Gasteiger partial charge on any atom is 0.317 e. The number of rotatable bonds is 3. The Hall–Kier alpha value is -2.94. The van der Waals surface area contributed by atoms with E-state index in [1.807, 2.05) is 0 Å². The Morgan fingerprint density at radius 2 is 1.91 bits per heavy atom. The van der Waals surface area contributed by atoms with E-state index < -0.39 is 5.91 Å². The number of hydrogen-bond acceptors (Lipinski definition) is 6. The van der Waals surface area contributed by atoms with Crippen molar-refractivity contribution in [2.24, 2.45) is 0 Å². The molecule has 0 fully saturated rings. The third kappa shape index (κ3) is 3.29. The smallest absolute Gasteiger partial charge is 0.305 e. The van der Waals surface area contributed by atoms with Crippen molar-refractivity contribution < 1.29 is 9.59 Å². The van der Waals surface area contributed by atoms with Crippen LogP contribution in [0.1, 0.15) is 21.0 Å². The molecule has 1 amide bonds. The van der Waals surface area contributed by atoms with Crippen molar-refractivity contribution in [1.82, 2.24) is 24.7 Å². The Morgan fingerprint density at radius 3 is 2.61 bits per heavy atom. The van der Waals surface area contributed by atoms with E-state index in [-0.39, 0.29) is 17.5 Å². The first-order valence-corrected chi connectivity index (χ1v) is 7.23. The van der Waals surface area contributed by atoms with Crippen molar-refractivity contribution in [3.8, 4) is 0 Å². The minimum atomic E-state index is -0.514. The summed E-state index contributed by atoms with van der Waals surface area (Å²) in [4.78, 5) is 35.9. The largest absolute Gasteiger partial charge is 0.317 e. The van der Waals surface area contributed by atoms with Crippen LogP contribution in [0.2, 0.25) is 0 Å². The quantitative estimate of drug-likeness (QED) is 0.751. The number of carbonyl (C=O) groups is 2. The van der Waals surface area contributed by atoms with E-state index in [0.717, 1.165) is 4.68 Å². The molecule has 0 aliphatic carbocycles. The Balaban J connectivity index is 1.82. The summed E-state index contributed by atoms with van der Waals surface area (Å²) < 4.78 is 1.44. The molecule has 0 aromatic carbocycles. The molecule has 0 atom stereocenters. The summed E-state index contributed by atoms with van der Waals surface area (Å²) in [5.41, 5.74) is 0.385. The second kappa shape index (κ2) is 6.44. The van der Waals surface area contributed by atoms with Crippen molar-refractivity contribution in [1.29, 1.82) is 0 Å². The van der Waals surface area contributed by atoms with Crippen LogP contribution in [0.15, 0.2) is 53.7 Å². The third-order valence-corrected chi connectivity index (χ3v) is 3.35. The highest BCUT2D eigenvalue weighted by atomic mass is 79.9. The molecule has 23 heavy (non-hydrogen) atoms. The summed E-state index contributed by atoms with van der Waals surface area (Å²) in [5.74, 6) is -0.672. The van der Waals surface area contributed by atoms with E-state index in [0.29, 0.717) is 10.2 Å². The maximum absolute atomic E-state index is 12.3. The summed E-state index contributed by atoms with van der Waals surface area (Å²) in [7, 11) is 0. The Labute approximate surface area is 138 Å². The van der Waals surface area contributed by atoms with Gasteiger partial charge in [-0.2, -0.15) is 4.68 Å². The molecular weight excluding hydrogens is 364 g/mol. The highest BCUT2D eigenvalue weighted by Gasteiger charge is 2.18. The van der Waals surface area contributed by atoms with E-state index >= 15 is 0 Å². The van der Waals surface area contributed by atoms with Gasteiger partial charge in [-0.1, -0.05) is 0 Å². The first-order chi connectivity index (χ1) is 11.1. The molecule has 1 N–H and O–H groups in total. The van der Waals surface area contributed by atoms with Gasteiger partial charge in [-0.3, -0.25) is 14.6 Å². The number of carbonyl (C=O) groups excluding carboxylic acids is 2. The fraction of sp³-hybridized carbons (Fsp3) is 0. The van der Waals surface area contributed by atoms with Crippen LogP contribution in [-0.4, -0.2) is 36.5 Å². The van der Waals surface area contributed by atoms with E-state index in [1.165, 1.54) is 24.7 Å². The van der Waals surface area contributed by atoms with E-state index in [4.69, 9.17) is 0 Å². The monoisotopic (exact) mass is 372 g/mol. The highest BCUT2D eigenvalue weighted by molar-refractivity contribution is 9.10. The molecule has 0 aliphatic rings. The summed E-state index contributed by atoms with van der Waals surface area (Å²) in [6.45, 7) is 0. The normalized spacial score (nSPS) is 10.3. The number of aromatic nitrogens is 5. The summed E-state index contributed by atoms with van der Waals surface area (Å²) in [6.07, 6.45) is 5.93. The standard InChI is InChI=1S/C14H9BrN6O2/c15-10-7-11(19-13(22)9-3-1-4-16-8-9)20-21(10)14(23)12-17-5-2-6-18-12/h1-8H,(H,19,20,22). The fourth-order valence-corrected chi connectivity index (χ4v) is 2.21. The predicted octanol–water partition coefficient (Wildman–Crippen LogP) is 1.77. The summed E-state index contributed by atoms with van der Waals surface area (Å²) >= 11 is 3.22. The van der Waals surface area contributed by atoms with Gasteiger partial charge in [0.05, 0.1) is 5.56 Å². The van der Waals surface area contributed by atoms with Crippen LogP contribution in [0.3, 0.4) is 0 Å². The molecule has 8 nitrogen and oxygen atoms in total. The zero-order chi connectivity index (χ0) is 16.2. The van der Waals surface area contributed by atoms with Gasteiger partial charge in [0.1, 0.15) is 4.60 Å². The molecule has 3 rings (SSSR count). The molecule has 0 spiro atoms. The van der Waals surface area contributed by atoms with Crippen LogP contribution < -0.4 is 5.32 Å². The number of halogens is 1. The van der Waals surface area contributed by atoms with Crippen LogP contribution in [-0.2, 0) is 0 Å². The van der Waals surface area contributed by atoms with Gasteiger partial charge in [0, 0.05) is 30.9 Å². The van der Waals surface area contributed by atoms with Crippen LogP contribution in [0, 0.1) is 0 Å². The van der Waals surface area contributed by atoms with E-state index in [2.05, 4.69) is 41.3 Å². The zero-order valence-corrected chi connectivity index (χ0v) is 13.1. The van der Waals surface area contributed by atoms with Gasteiger partial charge in [0.15, 0.2) is 5.82 Å². The topological polar surface area (TPSA) is 103 Å². The van der Waals surface area contributed by atoms with Gasteiger partial charge < -0.3 is 5.32 Å². The molecule has 9 heteroatoms. The number of amides is 1. The molecule has 0 unspecified atom stereocenters. The average molecular weight is 373 g/mol. The molecular formula is C14H9BrN6O2. The second-order valence-corrected chi connectivity index (χ2v) is 5.15. The van der Waals surface area contributed by atoms with Crippen molar-refractivity contribution >= 4 is 33.6 Å². The minimum absolute atomic E-state index is 0.00133. The maximum atomic E-state index is 12.3. The second-order valence-electron chi connectivity index (χ2n) is 4.34. The lowest BCUT2D eigenvalue weighted by Gasteiger charge is -2.01. The van der Waals surface area contributed by atoms with Crippen LogP contribution in [0.25, 0.3) is 0 Å². The lowest BCUT2D eigenvalue weighted by atomic mass is 10.3. The number of hydrogen-bond donors (Lipinski definition) is 1. The summed E-state index contributed by atoms with van der Waals surface area (Å²) in [5, 5.41) is 6.63. The molecule has 0 aliphatic heterocycles. The number of nitrogens with one attached hydrogen (secondary N) is 1. The molecule has 3 aromatic rings. The average Bonchev–Trinajstić information content (AvgIpc) is 2.96. The molecule has 0 radical (unpaired) electrons. The first-order valence-electron chi connectivity index (χ1n) is 6.44. The number of pyridine rings is 1. The van der Waals surface area contributed by atoms with Gasteiger partial charge in [-0.25, -0.2) is 9.97 Å². The lowest BCUT2D eigenvalue weighted by Crippen LogP contribution is -2.18. The minimum Gasteiger partial charge on any atom is -0.305 e. The van der Waals surface area contributed by atoms with Crippen molar-refractivity contribution in [3.63, 3.8) is 0 Å². The Bertz CT molecular complexity index is 850. The van der Waals surface area contributed by atoms with Crippen LogP contribution in [0.4, 0.5) is 5.82 Å². The SMILES string of the molecule is O=C(Nc1cc(Br)n(C(=O)c2ncccn2)n1)c1cccnc1. The highest BCUT2D eigenvalue weighted by Crippen LogP contribution is 2.17. The summed E-state index contributed by atoms with van der Waals surface area (Å²) in [6, 6.07) is 6.39. The van der Waals surface area contributed by atoms with E-state index in [9.17, 15) is 9.59 Å². The van der Waals surface area contributed by atoms with Gasteiger partial charge in [0.2, 0.25) is 5.82 Å². The molecule has 3 heterocycles. The van der Waals surface area contributed by atoms with Crippen molar-refractivity contribution in [3.05, 3.63) is 65.0 Å². The number of anilines is 1. The van der Waals surface area contributed by atoms with Gasteiger partial charge >= 0.3 is 5.91 Å². The van der Waals surface area contributed by atoms with Crippen molar-refractivity contribution in [2.45, 2.75) is 0 Å². The predicted molar refractivity (Wildman–Crippen MR) is 83.9 cm³/mol.